The zero-order chi connectivity index (χ0) is 19.6. The zero-order valence-electron chi connectivity index (χ0n) is 15.4. The van der Waals surface area contributed by atoms with E-state index in [1.54, 1.807) is 0 Å². The van der Waals surface area contributed by atoms with E-state index in [0.717, 1.165) is 5.56 Å². The molecule has 2 heterocycles. The first-order chi connectivity index (χ1) is 12.9. The maximum Gasteiger partial charge on any atom is 0.407 e. The van der Waals surface area contributed by atoms with Crippen molar-refractivity contribution in [1.29, 1.82) is 0 Å². The fourth-order valence-corrected chi connectivity index (χ4v) is 3.65. The normalized spacial score (nSPS) is 20.9. The molecule has 0 spiro atoms. The Bertz CT molecular complexity index is 890. The number of hydrogen-bond acceptors (Lipinski definition) is 4. The number of H-pyrrole nitrogens is 1. The van der Waals surface area contributed by atoms with Crippen LogP contribution in [0.2, 0.25) is 0 Å². The number of hydrogen-bond donors (Lipinski definition) is 3. The maximum absolute atomic E-state index is 12.6. The van der Waals surface area contributed by atoms with Gasteiger partial charge in [-0.25, -0.2) is 9.59 Å². The molecule has 0 radical (unpaired) electrons. The summed E-state index contributed by atoms with van der Waals surface area (Å²) in [6.45, 7) is 4.41. The number of aromatic amines is 1. The van der Waals surface area contributed by atoms with Crippen LogP contribution in [0.4, 0.5) is 10.6 Å². The largest absolute Gasteiger partial charge is 0.465 e. The molecular formula is C19H24N4O4. The molecule has 1 fully saturated rings. The highest BCUT2D eigenvalue weighted by atomic mass is 16.4. The monoisotopic (exact) mass is 372 g/mol. The minimum absolute atomic E-state index is 0.0742. The molecule has 8 nitrogen and oxygen atoms in total. The molecule has 3 unspecified atom stereocenters. The molecule has 144 valence electrons. The van der Waals surface area contributed by atoms with Gasteiger partial charge in [-0.15, -0.1) is 0 Å². The maximum atomic E-state index is 12.6. The van der Waals surface area contributed by atoms with Crippen LogP contribution >= 0.6 is 0 Å². The number of aromatic nitrogens is 2. The average Bonchev–Trinajstić information content (AvgIpc) is 2.63. The number of benzene rings is 1. The van der Waals surface area contributed by atoms with Gasteiger partial charge in [0, 0.05) is 31.2 Å². The first-order valence-electron chi connectivity index (χ1n) is 9.02. The molecule has 8 heteroatoms. The smallest absolute Gasteiger partial charge is 0.407 e. The van der Waals surface area contributed by atoms with Crippen molar-refractivity contribution in [1.82, 2.24) is 14.5 Å². The fourth-order valence-electron chi connectivity index (χ4n) is 3.65. The number of piperidine rings is 1. The fraction of sp³-hybridized carbons (Fsp3) is 0.421. The molecule has 1 aliphatic rings. The molecule has 3 atom stereocenters. The predicted octanol–water partition coefficient (Wildman–Crippen LogP) is 2.27. The Morgan fingerprint density at radius 2 is 2.00 bits per heavy atom. The Morgan fingerprint density at radius 1 is 1.30 bits per heavy atom. The molecular weight excluding hydrogens is 348 g/mol. The van der Waals surface area contributed by atoms with Crippen LogP contribution in [-0.4, -0.2) is 38.7 Å². The minimum atomic E-state index is -0.976. The topological polar surface area (TPSA) is 107 Å². The van der Waals surface area contributed by atoms with Gasteiger partial charge in [-0.2, -0.15) is 0 Å². The molecule has 1 amide bonds. The van der Waals surface area contributed by atoms with E-state index in [9.17, 15) is 14.4 Å². The highest BCUT2D eigenvalue weighted by Gasteiger charge is 2.31. The van der Waals surface area contributed by atoms with Crippen LogP contribution in [0, 0.1) is 5.92 Å². The van der Waals surface area contributed by atoms with E-state index in [0.29, 0.717) is 25.3 Å². The van der Waals surface area contributed by atoms with Crippen LogP contribution in [0.15, 0.2) is 46.0 Å². The number of carbonyl (C=O) groups is 1. The Kier molecular flexibility index (Phi) is 5.34. The number of anilines is 1. The van der Waals surface area contributed by atoms with Crippen LogP contribution < -0.4 is 16.6 Å². The molecule has 1 aliphatic heterocycles. The van der Waals surface area contributed by atoms with Gasteiger partial charge in [0.05, 0.1) is 0 Å². The Morgan fingerprint density at radius 3 is 2.59 bits per heavy atom. The first-order valence-corrected chi connectivity index (χ1v) is 9.02. The molecule has 2 aromatic rings. The van der Waals surface area contributed by atoms with Crippen molar-refractivity contribution in [3.8, 4) is 0 Å². The molecule has 27 heavy (non-hydrogen) atoms. The second-order valence-corrected chi connectivity index (χ2v) is 7.04. The summed E-state index contributed by atoms with van der Waals surface area (Å²) in [6, 6.07) is 10.7. The summed E-state index contributed by atoms with van der Waals surface area (Å²) >= 11 is 0. The third-order valence-electron chi connectivity index (χ3n) is 5.10. The summed E-state index contributed by atoms with van der Waals surface area (Å²) in [5.41, 5.74) is 0.171. The summed E-state index contributed by atoms with van der Waals surface area (Å²) in [7, 11) is 0. The van der Waals surface area contributed by atoms with Gasteiger partial charge in [-0.05, 0) is 24.8 Å². The summed E-state index contributed by atoms with van der Waals surface area (Å²) in [4.78, 5) is 40.4. The third-order valence-corrected chi connectivity index (χ3v) is 5.10. The number of likely N-dealkylation sites (tertiary alicyclic amines) is 1. The van der Waals surface area contributed by atoms with Crippen LogP contribution in [-0.2, 0) is 0 Å². The molecule has 1 aromatic carbocycles. The SMILES string of the molecule is CC(Nc1cc(=O)n(C2CCN(C(=O)O)CC2C)c(=O)[nH]1)c1ccccc1. The van der Waals surface area contributed by atoms with E-state index in [-0.39, 0.29) is 23.6 Å². The second-order valence-electron chi connectivity index (χ2n) is 7.04. The number of rotatable bonds is 4. The quantitative estimate of drug-likeness (QED) is 0.763. The lowest BCUT2D eigenvalue weighted by atomic mass is 9.94. The van der Waals surface area contributed by atoms with Gasteiger partial charge in [-0.1, -0.05) is 37.3 Å². The van der Waals surface area contributed by atoms with Gasteiger partial charge < -0.3 is 15.3 Å². The zero-order valence-corrected chi connectivity index (χ0v) is 15.4. The summed E-state index contributed by atoms with van der Waals surface area (Å²) < 4.78 is 1.21. The van der Waals surface area contributed by atoms with Crippen molar-refractivity contribution in [3.05, 3.63) is 62.8 Å². The predicted molar refractivity (Wildman–Crippen MR) is 102 cm³/mol. The average molecular weight is 372 g/mol. The van der Waals surface area contributed by atoms with Gasteiger partial charge in [0.1, 0.15) is 5.82 Å². The minimum Gasteiger partial charge on any atom is -0.465 e. The highest BCUT2D eigenvalue weighted by molar-refractivity contribution is 5.65. The van der Waals surface area contributed by atoms with E-state index in [4.69, 9.17) is 5.11 Å². The van der Waals surface area contributed by atoms with E-state index in [1.807, 2.05) is 44.2 Å². The van der Waals surface area contributed by atoms with Crippen LogP contribution in [0.5, 0.6) is 0 Å². The number of carboxylic acid groups (broad SMARTS) is 1. The molecule has 1 saturated heterocycles. The Labute approximate surface area is 156 Å². The molecule has 3 rings (SSSR count). The van der Waals surface area contributed by atoms with E-state index >= 15 is 0 Å². The van der Waals surface area contributed by atoms with E-state index in [2.05, 4.69) is 10.3 Å². The molecule has 3 N–H and O–H groups in total. The van der Waals surface area contributed by atoms with E-state index < -0.39 is 11.8 Å². The van der Waals surface area contributed by atoms with Gasteiger partial charge in [0.25, 0.3) is 5.56 Å². The molecule has 0 aliphatic carbocycles. The number of amides is 1. The van der Waals surface area contributed by atoms with Crippen molar-refractivity contribution in [2.45, 2.75) is 32.4 Å². The highest BCUT2D eigenvalue weighted by Crippen LogP contribution is 2.26. The standard InChI is InChI=1S/C19H24N4O4/c1-12-11-22(19(26)27)9-8-15(12)23-17(24)10-16(21-18(23)25)20-13(2)14-6-4-3-5-7-14/h3-7,10,12-13,15,20H,8-9,11H2,1-2H3,(H,21,25)(H,26,27). The van der Waals surface area contributed by atoms with Gasteiger partial charge >= 0.3 is 11.8 Å². The third kappa shape index (κ3) is 4.05. The first kappa shape index (κ1) is 18.8. The molecule has 0 bridgehead atoms. The van der Waals surface area contributed by atoms with Gasteiger partial charge in [-0.3, -0.25) is 14.3 Å². The summed E-state index contributed by atoms with van der Waals surface area (Å²) in [5.74, 6) is 0.240. The lowest BCUT2D eigenvalue weighted by molar-refractivity contribution is 0.102. The van der Waals surface area contributed by atoms with Crippen molar-refractivity contribution < 1.29 is 9.90 Å². The Balaban J connectivity index is 1.81. The number of nitrogens with zero attached hydrogens (tertiary/aromatic N) is 2. The second kappa shape index (κ2) is 7.69. The van der Waals surface area contributed by atoms with Crippen molar-refractivity contribution in [3.63, 3.8) is 0 Å². The van der Waals surface area contributed by atoms with Crippen molar-refractivity contribution in [2.24, 2.45) is 5.92 Å². The van der Waals surface area contributed by atoms with Crippen molar-refractivity contribution >= 4 is 11.9 Å². The van der Waals surface area contributed by atoms with Gasteiger partial charge in [0.15, 0.2) is 0 Å². The lowest BCUT2D eigenvalue weighted by Gasteiger charge is -2.35. The summed E-state index contributed by atoms with van der Waals surface area (Å²) in [6.07, 6.45) is -0.542. The van der Waals surface area contributed by atoms with Gasteiger partial charge in [0.2, 0.25) is 0 Å². The molecule has 1 aromatic heterocycles. The molecule has 0 saturated carbocycles. The lowest BCUT2D eigenvalue weighted by Crippen LogP contribution is -2.48. The van der Waals surface area contributed by atoms with Crippen LogP contribution in [0.25, 0.3) is 0 Å². The number of nitrogens with one attached hydrogen (secondary N) is 2. The van der Waals surface area contributed by atoms with Crippen LogP contribution in [0.3, 0.4) is 0 Å². The Hall–Kier alpha value is -3.03. The van der Waals surface area contributed by atoms with Crippen LogP contribution in [0.1, 0.15) is 37.9 Å². The van der Waals surface area contributed by atoms with Crippen molar-refractivity contribution in [2.75, 3.05) is 18.4 Å². The summed E-state index contributed by atoms with van der Waals surface area (Å²) in [5, 5.41) is 12.3. The van der Waals surface area contributed by atoms with E-state index in [1.165, 1.54) is 15.5 Å².